The number of carbonyl (C=O) groups excluding carboxylic acids is 1. The van der Waals surface area contributed by atoms with Crippen LogP contribution in [-0.4, -0.2) is 19.9 Å². The topological polar surface area (TPSA) is 89.3 Å². The number of hydrogen-bond donors (Lipinski definition) is 2. The molecule has 1 saturated carbocycles. The van der Waals surface area contributed by atoms with Crippen molar-refractivity contribution in [1.29, 1.82) is 0 Å². The summed E-state index contributed by atoms with van der Waals surface area (Å²) in [4.78, 5) is 12.1. The summed E-state index contributed by atoms with van der Waals surface area (Å²) in [5, 5.41) is 8.18. The number of amides is 1. The molecule has 0 aliphatic heterocycles. The van der Waals surface area contributed by atoms with Gasteiger partial charge in [0.05, 0.1) is 5.02 Å². The molecule has 0 spiro atoms. The van der Waals surface area contributed by atoms with Gasteiger partial charge in [0, 0.05) is 11.1 Å². The molecule has 116 valence electrons. The number of halogens is 1. The Hall–Kier alpha value is -1.11. The molecule has 0 heterocycles. The maximum Gasteiger partial charge on any atom is 0.251 e. The molecule has 0 atom stereocenters. The van der Waals surface area contributed by atoms with Crippen molar-refractivity contribution in [2.45, 2.75) is 50.0 Å². The monoisotopic (exact) mass is 330 g/mol. The molecule has 1 amide bonds. The molecule has 1 aliphatic carbocycles. The molecule has 3 N–H and O–H groups in total. The molecule has 0 saturated heterocycles. The van der Waals surface area contributed by atoms with Gasteiger partial charge in [0.2, 0.25) is 10.0 Å². The van der Waals surface area contributed by atoms with Crippen LogP contribution >= 0.6 is 11.6 Å². The van der Waals surface area contributed by atoms with E-state index in [0.29, 0.717) is 5.56 Å². The normalized spacial score (nSPS) is 17.7. The van der Waals surface area contributed by atoms with Crippen LogP contribution in [0.25, 0.3) is 0 Å². The third kappa shape index (κ3) is 3.56. The fourth-order valence-electron chi connectivity index (χ4n) is 2.70. The molecule has 0 unspecified atom stereocenters. The number of nitrogens with two attached hydrogens (primary N) is 1. The van der Waals surface area contributed by atoms with E-state index in [1.54, 1.807) is 13.0 Å². The highest BCUT2D eigenvalue weighted by atomic mass is 35.5. The Labute approximate surface area is 129 Å². The van der Waals surface area contributed by atoms with E-state index < -0.39 is 10.0 Å². The van der Waals surface area contributed by atoms with Crippen LogP contribution in [0.15, 0.2) is 17.0 Å². The summed E-state index contributed by atoms with van der Waals surface area (Å²) in [6, 6.07) is 2.81. The lowest BCUT2D eigenvalue weighted by Crippen LogP contribution is -2.43. The largest absolute Gasteiger partial charge is 0.347 e. The van der Waals surface area contributed by atoms with E-state index in [2.05, 4.69) is 5.32 Å². The van der Waals surface area contributed by atoms with Crippen LogP contribution in [0.2, 0.25) is 5.02 Å². The van der Waals surface area contributed by atoms with E-state index in [1.165, 1.54) is 6.07 Å². The van der Waals surface area contributed by atoms with Crippen molar-refractivity contribution in [3.05, 3.63) is 28.3 Å². The second-order valence-corrected chi connectivity index (χ2v) is 7.78. The van der Waals surface area contributed by atoms with Gasteiger partial charge >= 0.3 is 0 Å². The third-order valence-corrected chi connectivity index (χ3v) is 5.46. The average Bonchev–Trinajstić information content (AvgIpc) is 2.77. The molecular weight excluding hydrogens is 312 g/mol. The first kappa shape index (κ1) is 16.3. The molecule has 5 nitrogen and oxygen atoms in total. The highest BCUT2D eigenvalue weighted by Gasteiger charge is 2.31. The van der Waals surface area contributed by atoms with E-state index in [1.807, 2.05) is 6.92 Å². The number of carbonyl (C=O) groups is 1. The standard InChI is InChI=1S/C14H19ClN2O3S/c1-9-7-10(8-11(12(9)15)21(16,19)20)13(18)17-14(2)5-3-4-6-14/h7-8H,3-6H2,1-2H3,(H,17,18)(H2,16,19,20). The number of aryl methyl sites for hydroxylation is 1. The lowest BCUT2D eigenvalue weighted by atomic mass is 10.00. The zero-order chi connectivity index (χ0) is 15.8. The summed E-state index contributed by atoms with van der Waals surface area (Å²) >= 11 is 5.96. The molecule has 1 fully saturated rings. The molecule has 0 radical (unpaired) electrons. The number of nitrogens with one attached hydrogen (secondary N) is 1. The van der Waals surface area contributed by atoms with Gasteiger partial charge in [0.25, 0.3) is 5.91 Å². The Bertz CT molecular complexity index is 680. The highest BCUT2D eigenvalue weighted by Crippen LogP contribution is 2.30. The number of sulfonamides is 1. The van der Waals surface area contributed by atoms with Gasteiger partial charge in [-0.05, 0) is 44.4 Å². The van der Waals surface area contributed by atoms with Crippen LogP contribution in [-0.2, 0) is 10.0 Å². The van der Waals surface area contributed by atoms with E-state index in [-0.39, 0.29) is 26.9 Å². The number of primary sulfonamides is 1. The van der Waals surface area contributed by atoms with Gasteiger partial charge in [-0.1, -0.05) is 24.4 Å². The predicted molar refractivity (Wildman–Crippen MR) is 81.9 cm³/mol. The van der Waals surface area contributed by atoms with Crippen LogP contribution in [0.3, 0.4) is 0 Å². The zero-order valence-electron chi connectivity index (χ0n) is 12.1. The predicted octanol–water partition coefficient (Wildman–Crippen LogP) is 2.36. The second-order valence-electron chi connectivity index (χ2n) is 5.87. The lowest BCUT2D eigenvalue weighted by Gasteiger charge is -2.25. The van der Waals surface area contributed by atoms with Crippen molar-refractivity contribution in [1.82, 2.24) is 5.32 Å². The van der Waals surface area contributed by atoms with Crippen molar-refractivity contribution in [2.75, 3.05) is 0 Å². The van der Waals surface area contributed by atoms with E-state index >= 15 is 0 Å². The van der Waals surface area contributed by atoms with Crippen LogP contribution in [0, 0.1) is 6.92 Å². The summed E-state index contributed by atoms with van der Waals surface area (Å²) in [7, 11) is -3.97. The lowest BCUT2D eigenvalue weighted by molar-refractivity contribution is 0.0908. The summed E-state index contributed by atoms with van der Waals surface area (Å²) in [5.41, 5.74) is 0.533. The first-order valence-corrected chi connectivity index (χ1v) is 8.70. The smallest absolute Gasteiger partial charge is 0.251 e. The molecule has 2 rings (SSSR count). The quantitative estimate of drug-likeness (QED) is 0.891. The molecule has 7 heteroatoms. The summed E-state index contributed by atoms with van der Waals surface area (Å²) in [6.07, 6.45) is 4.01. The van der Waals surface area contributed by atoms with Gasteiger partial charge in [0.15, 0.2) is 0 Å². The van der Waals surface area contributed by atoms with Crippen LogP contribution < -0.4 is 10.5 Å². The fourth-order valence-corrected chi connectivity index (χ4v) is 3.84. The number of rotatable bonds is 3. The van der Waals surface area contributed by atoms with E-state index in [9.17, 15) is 13.2 Å². The molecule has 0 bridgehead atoms. The molecule has 0 aromatic heterocycles. The molecular formula is C14H19ClN2O3S. The fraction of sp³-hybridized carbons (Fsp3) is 0.500. The van der Waals surface area contributed by atoms with Gasteiger partial charge in [0.1, 0.15) is 4.90 Å². The highest BCUT2D eigenvalue weighted by molar-refractivity contribution is 7.89. The Kier molecular flexibility index (Phi) is 4.33. The molecule has 1 aromatic rings. The van der Waals surface area contributed by atoms with Crippen LogP contribution in [0.4, 0.5) is 0 Å². The molecule has 21 heavy (non-hydrogen) atoms. The summed E-state index contributed by atoms with van der Waals surface area (Å²) < 4.78 is 23.1. The number of hydrogen-bond acceptors (Lipinski definition) is 3. The van der Waals surface area contributed by atoms with Gasteiger partial charge < -0.3 is 5.32 Å². The van der Waals surface area contributed by atoms with Gasteiger partial charge in [-0.3, -0.25) is 4.79 Å². The van der Waals surface area contributed by atoms with Crippen molar-refractivity contribution in [3.8, 4) is 0 Å². The number of benzene rings is 1. The van der Waals surface area contributed by atoms with Crippen LogP contribution in [0.1, 0.15) is 48.5 Å². The molecule has 1 aromatic carbocycles. The van der Waals surface area contributed by atoms with Gasteiger partial charge in [-0.2, -0.15) is 0 Å². The SMILES string of the molecule is Cc1cc(C(=O)NC2(C)CCCC2)cc(S(N)(=O)=O)c1Cl. The summed E-state index contributed by atoms with van der Waals surface area (Å²) in [5.74, 6) is -0.302. The molecule has 1 aliphatic rings. The Morgan fingerprint density at radius 3 is 2.43 bits per heavy atom. The third-order valence-electron chi connectivity index (χ3n) is 3.91. The maximum atomic E-state index is 12.4. The van der Waals surface area contributed by atoms with E-state index in [4.69, 9.17) is 16.7 Å². The Morgan fingerprint density at radius 2 is 1.90 bits per heavy atom. The minimum atomic E-state index is -3.97. The zero-order valence-corrected chi connectivity index (χ0v) is 13.6. The van der Waals surface area contributed by atoms with Crippen molar-refractivity contribution >= 4 is 27.5 Å². The van der Waals surface area contributed by atoms with Crippen molar-refractivity contribution in [3.63, 3.8) is 0 Å². The second kappa shape index (κ2) is 5.59. The Balaban J connectivity index is 2.36. The first-order valence-electron chi connectivity index (χ1n) is 6.78. The van der Waals surface area contributed by atoms with Gasteiger partial charge in [-0.15, -0.1) is 0 Å². The average molecular weight is 331 g/mol. The minimum Gasteiger partial charge on any atom is -0.347 e. The van der Waals surface area contributed by atoms with E-state index in [0.717, 1.165) is 25.7 Å². The van der Waals surface area contributed by atoms with Crippen molar-refractivity contribution < 1.29 is 13.2 Å². The Morgan fingerprint density at radius 1 is 1.33 bits per heavy atom. The van der Waals surface area contributed by atoms with Crippen LogP contribution in [0.5, 0.6) is 0 Å². The first-order chi connectivity index (χ1) is 9.62. The maximum absolute atomic E-state index is 12.4. The summed E-state index contributed by atoms with van der Waals surface area (Å²) in [6.45, 7) is 3.65. The van der Waals surface area contributed by atoms with Gasteiger partial charge in [-0.25, -0.2) is 13.6 Å². The minimum absolute atomic E-state index is 0.0566. The van der Waals surface area contributed by atoms with Crippen molar-refractivity contribution in [2.24, 2.45) is 5.14 Å².